The second-order valence-corrected chi connectivity index (χ2v) is 5.93. The fourth-order valence-electron chi connectivity index (χ4n) is 2.83. The summed E-state index contributed by atoms with van der Waals surface area (Å²) in [5, 5.41) is 14.7. The van der Waals surface area contributed by atoms with Crippen molar-refractivity contribution in [2.24, 2.45) is 4.99 Å². The van der Waals surface area contributed by atoms with Gasteiger partial charge in [0.15, 0.2) is 11.8 Å². The second-order valence-electron chi connectivity index (χ2n) is 5.93. The third-order valence-electron chi connectivity index (χ3n) is 4.11. The number of nitrogens with one attached hydrogen (secondary N) is 2. The number of aryl methyl sites for hydroxylation is 1. The van der Waals surface area contributed by atoms with Gasteiger partial charge in [0.1, 0.15) is 17.5 Å². The predicted molar refractivity (Wildman–Crippen MR) is 91.0 cm³/mol. The molecular weight excluding hydrogens is 326 g/mol. The summed E-state index contributed by atoms with van der Waals surface area (Å²) < 4.78 is 29.1. The highest BCUT2D eigenvalue weighted by molar-refractivity contribution is 5.79. The Kier molecular flexibility index (Phi) is 5.57. The summed E-state index contributed by atoms with van der Waals surface area (Å²) in [7, 11) is 0. The molecule has 25 heavy (non-hydrogen) atoms. The third kappa shape index (κ3) is 4.32. The van der Waals surface area contributed by atoms with Crippen LogP contribution in [0, 0.1) is 11.6 Å². The molecule has 3 rings (SSSR count). The Morgan fingerprint density at radius 2 is 2.12 bits per heavy atom. The van der Waals surface area contributed by atoms with Crippen LogP contribution in [0.5, 0.6) is 0 Å². The van der Waals surface area contributed by atoms with Gasteiger partial charge in [-0.1, -0.05) is 0 Å². The number of hydrogen-bond acceptors (Lipinski definition) is 3. The minimum atomic E-state index is -0.473. The number of nitrogens with zero attached hydrogens (tertiary/aromatic N) is 4. The summed E-state index contributed by atoms with van der Waals surface area (Å²) in [5.74, 6) is 1.47. The lowest BCUT2D eigenvalue weighted by Gasteiger charge is -2.16. The van der Waals surface area contributed by atoms with Gasteiger partial charge in [-0.05, 0) is 38.0 Å². The van der Waals surface area contributed by atoms with E-state index in [-0.39, 0.29) is 12.1 Å². The van der Waals surface area contributed by atoms with E-state index in [1.54, 1.807) is 0 Å². The van der Waals surface area contributed by atoms with E-state index < -0.39 is 11.6 Å². The van der Waals surface area contributed by atoms with Crippen LogP contribution in [-0.2, 0) is 26.1 Å². The number of guanidine groups is 1. The zero-order valence-corrected chi connectivity index (χ0v) is 14.2. The van der Waals surface area contributed by atoms with Crippen LogP contribution in [0.25, 0.3) is 0 Å². The van der Waals surface area contributed by atoms with Gasteiger partial charge in [0.2, 0.25) is 0 Å². The van der Waals surface area contributed by atoms with Gasteiger partial charge >= 0.3 is 0 Å². The van der Waals surface area contributed by atoms with Crippen LogP contribution in [0.2, 0.25) is 0 Å². The first kappa shape index (κ1) is 17.3. The van der Waals surface area contributed by atoms with Gasteiger partial charge in [-0.15, -0.1) is 10.2 Å². The molecule has 1 aromatic carbocycles. The van der Waals surface area contributed by atoms with Crippen molar-refractivity contribution in [3.8, 4) is 0 Å². The predicted octanol–water partition coefficient (Wildman–Crippen LogP) is 2.15. The van der Waals surface area contributed by atoms with Crippen molar-refractivity contribution in [2.45, 2.75) is 45.8 Å². The summed E-state index contributed by atoms with van der Waals surface area (Å²) >= 11 is 0. The first-order valence-electron chi connectivity index (χ1n) is 8.54. The molecule has 1 aliphatic heterocycles. The van der Waals surface area contributed by atoms with Crippen molar-refractivity contribution in [3.63, 3.8) is 0 Å². The van der Waals surface area contributed by atoms with E-state index in [2.05, 4.69) is 30.4 Å². The van der Waals surface area contributed by atoms with Gasteiger partial charge in [0.05, 0.1) is 13.1 Å². The maximum atomic E-state index is 13.7. The summed E-state index contributed by atoms with van der Waals surface area (Å²) in [6, 6.07) is 3.38. The molecule has 1 aromatic heterocycles. The maximum absolute atomic E-state index is 13.7. The Hall–Kier alpha value is -2.51. The van der Waals surface area contributed by atoms with Gasteiger partial charge in [-0.3, -0.25) is 0 Å². The molecule has 134 valence electrons. The van der Waals surface area contributed by atoms with E-state index in [1.807, 2.05) is 6.92 Å². The summed E-state index contributed by atoms with van der Waals surface area (Å²) in [6.45, 7) is 4.07. The van der Waals surface area contributed by atoms with Crippen LogP contribution in [-0.4, -0.2) is 27.3 Å². The summed E-state index contributed by atoms with van der Waals surface area (Å²) in [6.07, 6.45) is 3.24. The minimum absolute atomic E-state index is 0.0524. The molecule has 2 aromatic rings. The lowest BCUT2D eigenvalue weighted by molar-refractivity contribution is 0.504. The fraction of sp³-hybridized carbons (Fsp3) is 0.471. The van der Waals surface area contributed by atoms with Gasteiger partial charge in [-0.2, -0.15) is 0 Å². The maximum Gasteiger partial charge on any atom is 0.191 e. The molecule has 2 N–H and O–H groups in total. The van der Waals surface area contributed by atoms with E-state index in [4.69, 9.17) is 0 Å². The molecule has 1 aliphatic rings. The van der Waals surface area contributed by atoms with Crippen LogP contribution in [0.3, 0.4) is 0 Å². The fourth-order valence-corrected chi connectivity index (χ4v) is 2.83. The number of fused-ring (bicyclic) bond motifs is 1. The number of hydrogen-bond donors (Lipinski definition) is 2. The van der Waals surface area contributed by atoms with E-state index in [0.29, 0.717) is 19.0 Å². The largest absolute Gasteiger partial charge is 0.357 e. The number of aromatic nitrogens is 3. The topological polar surface area (TPSA) is 67.1 Å². The SMILES string of the molecule is CCNC(=NCc1cc(F)ccc1F)NCc1nnc2n1CCCC2. The van der Waals surface area contributed by atoms with Gasteiger partial charge in [0, 0.05) is 25.1 Å². The smallest absolute Gasteiger partial charge is 0.191 e. The van der Waals surface area contributed by atoms with Crippen LogP contribution < -0.4 is 10.6 Å². The van der Waals surface area contributed by atoms with E-state index in [1.165, 1.54) is 0 Å². The van der Waals surface area contributed by atoms with Crippen molar-refractivity contribution in [3.05, 3.63) is 47.0 Å². The normalized spacial score (nSPS) is 14.3. The minimum Gasteiger partial charge on any atom is -0.357 e. The highest BCUT2D eigenvalue weighted by Gasteiger charge is 2.15. The molecule has 2 heterocycles. The van der Waals surface area contributed by atoms with Crippen molar-refractivity contribution >= 4 is 5.96 Å². The molecule has 0 spiro atoms. The number of rotatable bonds is 5. The Balaban J connectivity index is 1.66. The van der Waals surface area contributed by atoms with Crippen molar-refractivity contribution < 1.29 is 8.78 Å². The van der Waals surface area contributed by atoms with Gasteiger partial charge in [0.25, 0.3) is 0 Å². The van der Waals surface area contributed by atoms with Gasteiger partial charge in [-0.25, -0.2) is 13.8 Å². The zero-order chi connectivity index (χ0) is 17.6. The molecule has 0 atom stereocenters. The average Bonchev–Trinajstić information content (AvgIpc) is 3.03. The molecule has 0 bridgehead atoms. The Morgan fingerprint density at radius 3 is 2.96 bits per heavy atom. The van der Waals surface area contributed by atoms with Crippen molar-refractivity contribution in [1.29, 1.82) is 0 Å². The van der Waals surface area contributed by atoms with Crippen LogP contribution in [0.1, 0.15) is 37.0 Å². The lowest BCUT2D eigenvalue weighted by Crippen LogP contribution is -2.37. The molecular formula is C17H22F2N6. The standard InChI is InChI=1S/C17H22F2N6/c1-2-20-17(21-10-12-9-13(18)6-7-14(12)19)22-11-16-24-23-15-5-3-4-8-25(15)16/h6-7,9H,2-5,8,10-11H2,1H3,(H2,20,21,22). The zero-order valence-electron chi connectivity index (χ0n) is 14.2. The van der Waals surface area contributed by atoms with Gasteiger partial charge < -0.3 is 15.2 Å². The molecule has 0 aliphatic carbocycles. The first-order chi connectivity index (χ1) is 12.2. The Bertz CT molecular complexity index is 756. The molecule has 8 heteroatoms. The molecule has 0 radical (unpaired) electrons. The molecule has 0 unspecified atom stereocenters. The van der Waals surface area contributed by atoms with Crippen LogP contribution in [0.15, 0.2) is 23.2 Å². The summed E-state index contributed by atoms with van der Waals surface area (Å²) in [4.78, 5) is 4.33. The van der Waals surface area contributed by atoms with Crippen LogP contribution in [0.4, 0.5) is 8.78 Å². The third-order valence-corrected chi connectivity index (χ3v) is 4.11. The summed E-state index contributed by atoms with van der Waals surface area (Å²) in [5.41, 5.74) is 0.220. The molecule has 0 saturated carbocycles. The molecule has 0 fully saturated rings. The van der Waals surface area contributed by atoms with Crippen molar-refractivity contribution in [2.75, 3.05) is 6.54 Å². The average molecular weight is 348 g/mol. The Labute approximate surface area is 145 Å². The van der Waals surface area contributed by atoms with E-state index >= 15 is 0 Å². The van der Waals surface area contributed by atoms with E-state index in [0.717, 1.165) is 55.7 Å². The monoisotopic (exact) mass is 348 g/mol. The molecule has 0 amide bonds. The lowest BCUT2D eigenvalue weighted by atomic mass is 10.2. The Morgan fingerprint density at radius 1 is 1.24 bits per heavy atom. The van der Waals surface area contributed by atoms with Crippen LogP contribution >= 0.6 is 0 Å². The highest BCUT2D eigenvalue weighted by Crippen LogP contribution is 2.14. The first-order valence-corrected chi connectivity index (χ1v) is 8.54. The second kappa shape index (κ2) is 8.04. The van der Waals surface area contributed by atoms with E-state index in [9.17, 15) is 8.78 Å². The number of halogens is 2. The number of benzene rings is 1. The number of aliphatic imine (C=N–C) groups is 1. The molecule has 6 nitrogen and oxygen atoms in total. The van der Waals surface area contributed by atoms with Crippen molar-refractivity contribution in [1.82, 2.24) is 25.4 Å². The molecule has 0 saturated heterocycles. The highest BCUT2D eigenvalue weighted by atomic mass is 19.1. The quantitative estimate of drug-likeness (QED) is 0.642.